The summed E-state index contributed by atoms with van der Waals surface area (Å²) in [6.45, 7) is 1.82. The third-order valence-electron chi connectivity index (χ3n) is 4.47. The van der Waals surface area contributed by atoms with Crippen LogP contribution in [0.2, 0.25) is 15.1 Å². The van der Waals surface area contributed by atoms with E-state index in [0.717, 1.165) is 29.7 Å². The molecular weight excluding hydrogens is 429 g/mol. The first kappa shape index (κ1) is 21.8. The maximum Gasteiger partial charge on any atom is 0.163 e. The van der Waals surface area contributed by atoms with Crippen molar-refractivity contribution in [2.75, 3.05) is 13.7 Å². The van der Waals surface area contributed by atoms with Gasteiger partial charge < -0.3 is 14.8 Å². The Morgan fingerprint density at radius 2 is 1.59 bits per heavy atom. The highest BCUT2D eigenvalue weighted by atomic mass is 35.5. The van der Waals surface area contributed by atoms with Crippen molar-refractivity contribution < 1.29 is 9.47 Å². The van der Waals surface area contributed by atoms with Crippen LogP contribution in [0.25, 0.3) is 0 Å². The molecule has 0 heterocycles. The molecule has 6 heteroatoms. The second-order valence-corrected chi connectivity index (χ2v) is 7.78. The maximum absolute atomic E-state index is 6.47. The second-order valence-electron chi connectivity index (χ2n) is 6.53. The molecule has 152 valence electrons. The topological polar surface area (TPSA) is 30.5 Å². The van der Waals surface area contributed by atoms with E-state index in [4.69, 9.17) is 44.3 Å². The van der Waals surface area contributed by atoms with E-state index >= 15 is 0 Å². The molecular formula is C23H22Cl3NO2. The van der Waals surface area contributed by atoms with Gasteiger partial charge in [-0.15, -0.1) is 0 Å². The van der Waals surface area contributed by atoms with Crippen molar-refractivity contribution >= 4 is 34.8 Å². The molecule has 0 saturated carbocycles. The van der Waals surface area contributed by atoms with Crippen molar-refractivity contribution in [2.45, 2.75) is 19.6 Å². The minimum absolute atomic E-state index is 0.451. The third kappa shape index (κ3) is 6.28. The van der Waals surface area contributed by atoms with Gasteiger partial charge in [0.05, 0.1) is 7.11 Å². The first-order valence-corrected chi connectivity index (χ1v) is 10.4. The maximum atomic E-state index is 6.47. The van der Waals surface area contributed by atoms with E-state index < -0.39 is 0 Å². The fourth-order valence-electron chi connectivity index (χ4n) is 2.89. The summed E-state index contributed by atoms with van der Waals surface area (Å²) in [6.07, 6.45) is 0.795. The van der Waals surface area contributed by atoms with Crippen LogP contribution in [0.3, 0.4) is 0 Å². The predicted molar refractivity (Wildman–Crippen MR) is 121 cm³/mol. The molecule has 0 unspecified atom stereocenters. The summed E-state index contributed by atoms with van der Waals surface area (Å²) in [7, 11) is 1.62. The number of hydrogen-bond acceptors (Lipinski definition) is 3. The van der Waals surface area contributed by atoms with Gasteiger partial charge in [0, 0.05) is 27.7 Å². The Balaban J connectivity index is 1.58. The van der Waals surface area contributed by atoms with Crippen LogP contribution < -0.4 is 14.8 Å². The SMILES string of the molecule is COc1cc(CNCCc2ccc(Cl)cc2Cl)c(Cl)cc1OCc1ccccc1. The lowest BCUT2D eigenvalue weighted by atomic mass is 10.1. The molecule has 0 saturated heterocycles. The van der Waals surface area contributed by atoms with Gasteiger partial charge in [-0.1, -0.05) is 71.2 Å². The van der Waals surface area contributed by atoms with Crippen molar-refractivity contribution in [2.24, 2.45) is 0 Å². The first-order valence-electron chi connectivity index (χ1n) is 9.24. The van der Waals surface area contributed by atoms with E-state index in [9.17, 15) is 0 Å². The highest BCUT2D eigenvalue weighted by Gasteiger charge is 2.11. The molecule has 0 radical (unpaired) electrons. The number of hydrogen-bond donors (Lipinski definition) is 1. The average Bonchev–Trinajstić information content (AvgIpc) is 2.72. The smallest absolute Gasteiger partial charge is 0.163 e. The summed E-state index contributed by atoms with van der Waals surface area (Å²) in [5.41, 5.74) is 3.08. The van der Waals surface area contributed by atoms with Crippen molar-refractivity contribution in [3.63, 3.8) is 0 Å². The number of halogens is 3. The average molecular weight is 451 g/mol. The second kappa shape index (κ2) is 10.7. The molecule has 0 aliphatic heterocycles. The van der Waals surface area contributed by atoms with E-state index in [1.165, 1.54) is 0 Å². The normalized spacial score (nSPS) is 10.8. The van der Waals surface area contributed by atoms with Crippen LogP contribution in [-0.4, -0.2) is 13.7 Å². The fourth-order valence-corrected chi connectivity index (χ4v) is 3.61. The largest absolute Gasteiger partial charge is 0.493 e. The van der Waals surface area contributed by atoms with E-state index in [2.05, 4.69) is 5.32 Å². The molecule has 0 amide bonds. The minimum atomic E-state index is 0.451. The highest BCUT2D eigenvalue weighted by molar-refractivity contribution is 6.35. The van der Waals surface area contributed by atoms with Crippen LogP contribution in [-0.2, 0) is 19.6 Å². The van der Waals surface area contributed by atoms with Crippen molar-refractivity contribution in [1.29, 1.82) is 0 Å². The van der Waals surface area contributed by atoms with Gasteiger partial charge in [0.1, 0.15) is 6.61 Å². The number of ether oxygens (including phenoxy) is 2. The van der Waals surface area contributed by atoms with Gasteiger partial charge in [0.2, 0.25) is 0 Å². The third-order valence-corrected chi connectivity index (χ3v) is 5.41. The van der Waals surface area contributed by atoms with Crippen LogP contribution >= 0.6 is 34.8 Å². The van der Waals surface area contributed by atoms with E-state index in [-0.39, 0.29) is 0 Å². The van der Waals surface area contributed by atoms with Gasteiger partial charge in [-0.2, -0.15) is 0 Å². The molecule has 0 aromatic heterocycles. The van der Waals surface area contributed by atoms with Gasteiger partial charge >= 0.3 is 0 Å². The molecule has 29 heavy (non-hydrogen) atoms. The molecule has 3 aromatic rings. The summed E-state index contributed by atoms with van der Waals surface area (Å²) in [4.78, 5) is 0. The molecule has 3 nitrogen and oxygen atoms in total. The zero-order valence-electron chi connectivity index (χ0n) is 16.1. The molecule has 3 aromatic carbocycles. The first-order chi connectivity index (χ1) is 14.1. The van der Waals surface area contributed by atoms with Crippen molar-refractivity contribution in [1.82, 2.24) is 5.32 Å². The quantitative estimate of drug-likeness (QED) is 0.374. The van der Waals surface area contributed by atoms with Gasteiger partial charge in [0.15, 0.2) is 11.5 Å². The summed E-state index contributed by atoms with van der Waals surface area (Å²) >= 11 is 18.6. The monoisotopic (exact) mass is 449 g/mol. The number of benzene rings is 3. The van der Waals surface area contributed by atoms with Crippen LogP contribution in [0.4, 0.5) is 0 Å². The number of rotatable bonds is 9. The summed E-state index contributed by atoms with van der Waals surface area (Å²) in [5.74, 6) is 1.28. The molecule has 3 rings (SSSR count). The molecule has 0 aliphatic carbocycles. The number of methoxy groups -OCH3 is 1. The van der Waals surface area contributed by atoms with Gasteiger partial charge in [-0.25, -0.2) is 0 Å². The lowest BCUT2D eigenvalue weighted by Crippen LogP contribution is -2.17. The van der Waals surface area contributed by atoms with Gasteiger partial charge in [0.25, 0.3) is 0 Å². The van der Waals surface area contributed by atoms with Crippen LogP contribution in [0.15, 0.2) is 60.7 Å². The van der Waals surface area contributed by atoms with E-state index in [1.54, 1.807) is 19.2 Å². The van der Waals surface area contributed by atoms with Crippen molar-refractivity contribution in [3.8, 4) is 11.5 Å². The lowest BCUT2D eigenvalue weighted by molar-refractivity contribution is 0.284. The Morgan fingerprint density at radius 3 is 2.31 bits per heavy atom. The summed E-state index contributed by atoms with van der Waals surface area (Å²) in [6, 6.07) is 19.2. The highest BCUT2D eigenvalue weighted by Crippen LogP contribution is 2.34. The van der Waals surface area contributed by atoms with Crippen molar-refractivity contribution in [3.05, 3.63) is 92.4 Å². The van der Waals surface area contributed by atoms with Crippen LogP contribution in [0.5, 0.6) is 11.5 Å². The van der Waals surface area contributed by atoms with Gasteiger partial charge in [-0.3, -0.25) is 0 Å². The lowest BCUT2D eigenvalue weighted by Gasteiger charge is -2.14. The standard InChI is InChI=1S/C23H22Cl3NO2/c1-28-22-11-18(14-27-10-9-17-7-8-19(24)12-20(17)25)21(26)13-23(22)29-15-16-5-3-2-4-6-16/h2-8,11-13,27H,9-10,14-15H2,1H3. The minimum Gasteiger partial charge on any atom is -0.493 e. The number of nitrogens with one attached hydrogen (secondary N) is 1. The molecule has 0 spiro atoms. The Bertz CT molecular complexity index is 948. The Kier molecular flexibility index (Phi) is 8.08. The zero-order valence-corrected chi connectivity index (χ0v) is 18.3. The van der Waals surface area contributed by atoms with Crippen LogP contribution in [0, 0.1) is 0 Å². The Morgan fingerprint density at radius 1 is 0.828 bits per heavy atom. The molecule has 0 atom stereocenters. The molecule has 0 bridgehead atoms. The van der Waals surface area contributed by atoms with Crippen LogP contribution in [0.1, 0.15) is 16.7 Å². The van der Waals surface area contributed by atoms with E-state index in [1.807, 2.05) is 48.5 Å². The zero-order chi connectivity index (χ0) is 20.6. The fraction of sp³-hybridized carbons (Fsp3) is 0.217. The molecule has 1 N–H and O–H groups in total. The Hall–Kier alpha value is -1.91. The van der Waals surface area contributed by atoms with E-state index in [0.29, 0.717) is 39.7 Å². The molecule has 0 fully saturated rings. The van der Waals surface area contributed by atoms with Gasteiger partial charge in [-0.05, 0) is 47.9 Å². The summed E-state index contributed by atoms with van der Waals surface area (Å²) < 4.78 is 11.4. The summed E-state index contributed by atoms with van der Waals surface area (Å²) in [5, 5.41) is 5.34. The predicted octanol–water partition coefficient (Wildman–Crippen LogP) is 6.57. The Labute approximate surface area is 186 Å². The molecule has 0 aliphatic rings.